The molecule has 0 saturated heterocycles. The lowest BCUT2D eigenvalue weighted by Gasteiger charge is -2.22. The van der Waals surface area contributed by atoms with Crippen LogP contribution in [0.3, 0.4) is 0 Å². The van der Waals surface area contributed by atoms with E-state index in [0.29, 0.717) is 42.2 Å². The molecule has 0 aromatic heterocycles. The molecular weight excluding hydrogens is 426 g/mol. The van der Waals surface area contributed by atoms with Gasteiger partial charge in [-0.3, -0.25) is 9.59 Å². The highest BCUT2D eigenvalue weighted by atomic mass is 16.2. The molecule has 0 atom stereocenters. The number of carbonyl (C=O) groups is 2. The fourth-order valence-electron chi connectivity index (χ4n) is 4.48. The summed E-state index contributed by atoms with van der Waals surface area (Å²) in [5.41, 5.74) is 11.8. The maximum atomic E-state index is 13.1. The first kappa shape index (κ1) is 23.5. The van der Waals surface area contributed by atoms with Gasteiger partial charge in [-0.2, -0.15) is 0 Å². The van der Waals surface area contributed by atoms with Crippen LogP contribution in [0.15, 0.2) is 47.0 Å². The van der Waals surface area contributed by atoms with Gasteiger partial charge in [0.15, 0.2) is 0 Å². The van der Waals surface area contributed by atoms with Crippen LogP contribution in [0.1, 0.15) is 61.0 Å². The lowest BCUT2D eigenvalue weighted by atomic mass is 10.0. The molecule has 0 bridgehead atoms. The summed E-state index contributed by atoms with van der Waals surface area (Å²) >= 11 is 0. The number of anilines is 2. The molecule has 178 valence electrons. The smallest absolute Gasteiger partial charge is 0.255 e. The van der Waals surface area contributed by atoms with Crippen LogP contribution in [0.4, 0.5) is 17.1 Å². The van der Waals surface area contributed by atoms with Crippen LogP contribution in [0, 0.1) is 0 Å². The number of rotatable bonds is 7. The van der Waals surface area contributed by atoms with E-state index in [1.165, 1.54) is 5.56 Å². The van der Waals surface area contributed by atoms with E-state index in [-0.39, 0.29) is 11.8 Å². The lowest BCUT2D eigenvalue weighted by Crippen LogP contribution is -2.34. The van der Waals surface area contributed by atoms with Crippen molar-refractivity contribution in [2.75, 3.05) is 30.3 Å². The summed E-state index contributed by atoms with van der Waals surface area (Å²) in [6.07, 6.45) is 6.04. The number of nitrogens with two attached hydrogens (primary N) is 1. The van der Waals surface area contributed by atoms with Crippen LogP contribution in [-0.4, -0.2) is 42.2 Å². The number of hydrogen-bond donors (Lipinski definition) is 3. The summed E-state index contributed by atoms with van der Waals surface area (Å²) in [6, 6.07) is 11.3. The number of benzene rings is 2. The molecule has 0 aliphatic carbocycles. The zero-order valence-electron chi connectivity index (χ0n) is 20.0. The van der Waals surface area contributed by atoms with Crippen molar-refractivity contribution in [1.82, 2.24) is 4.90 Å². The topological polar surface area (TPSA) is 99.8 Å². The van der Waals surface area contributed by atoms with E-state index in [1.54, 1.807) is 12.1 Å². The molecule has 34 heavy (non-hydrogen) atoms. The monoisotopic (exact) mass is 459 g/mol. The second-order valence-corrected chi connectivity index (χ2v) is 8.87. The van der Waals surface area contributed by atoms with Gasteiger partial charge in [0.2, 0.25) is 5.91 Å². The van der Waals surface area contributed by atoms with Crippen LogP contribution >= 0.6 is 0 Å². The van der Waals surface area contributed by atoms with Gasteiger partial charge in [-0.15, -0.1) is 0 Å². The van der Waals surface area contributed by atoms with Crippen molar-refractivity contribution in [3.8, 4) is 0 Å². The highest BCUT2D eigenvalue weighted by Gasteiger charge is 2.21. The summed E-state index contributed by atoms with van der Waals surface area (Å²) in [4.78, 5) is 32.5. The number of hydrogen-bond acceptors (Lipinski definition) is 5. The van der Waals surface area contributed by atoms with E-state index in [0.717, 1.165) is 49.2 Å². The van der Waals surface area contributed by atoms with Crippen molar-refractivity contribution in [2.45, 2.75) is 46.0 Å². The number of amides is 2. The summed E-state index contributed by atoms with van der Waals surface area (Å²) in [5, 5.41) is 6.37. The number of carbonyl (C=O) groups excluding carboxylic acids is 2. The normalized spacial score (nSPS) is 14.5. The fraction of sp³-hybridized carbons (Fsp3) is 0.370. The van der Waals surface area contributed by atoms with E-state index >= 15 is 0 Å². The average Bonchev–Trinajstić information content (AvgIpc) is 3.00. The van der Waals surface area contributed by atoms with Gasteiger partial charge in [-0.25, -0.2) is 4.99 Å². The Morgan fingerprint density at radius 3 is 2.68 bits per heavy atom. The SMILES string of the molecule is CCCN(CCC)C(=O)C1=Cc2ccc(C(=O)Nc3ccc4c(c3)CCCN4)cc2N=C(N)C1. The Hall–Kier alpha value is -3.61. The number of aliphatic imine (C=N–C) groups is 1. The molecule has 2 aromatic rings. The molecular formula is C27H33N5O2. The second-order valence-electron chi connectivity index (χ2n) is 8.87. The minimum absolute atomic E-state index is 0.00146. The molecule has 0 saturated carbocycles. The van der Waals surface area contributed by atoms with Crippen LogP contribution < -0.4 is 16.4 Å². The molecule has 2 amide bonds. The molecule has 0 unspecified atom stereocenters. The van der Waals surface area contributed by atoms with Crippen molar-refractivity contribution in [3.63, 3.8) is 0 Å². The predicted molar refractivity (Wildman–Crippen MR) is 139 cm³/mol. The quantitative estimate of drug-likeness (QED) is 0.558. The Bertz CT molecular complexity index is 1150. The highest BCUT2D eigenvalue weighted by molar-refractivity contribution is 6.08. The average molecular weight is 460 g/mol. The van der Waals surface area contributed by atoms with Gasteiger partial charge in [0.05, 0.1) is 5.69 Å². The predicted octanol–water partition coefficient (Wildman–Crippen LogP) is 4.72. The van der Waals surface area contributed by atoms with Gasteiger partial charge in [0, 0.05) is 54.1 Å². The first-order valence-corrected chi connectivity index (χ1v) is 12.1. The van der Waals surface area contributed by atoms with Crippen LogP contribution in [0.25, 0.3) is 6.08 Å². The third-order valence-electron chi connectivity index (χ3n) is 6.11. The van der Waals surface area contributed by atoms with Crippen molar-refractivity contribution in [3.05, 3.63) is 58.7 Å². The zero-order valence-corrected chi connectivity index (χ0v) is 20.0. The minimum Gasteiger partial charge on any atom is -0.387 e. The Balaban J connectivity index is 1.56. The summed E-state index contributed by atoms with van der Waals surface area (Å²) in [7, 11) is 0. The van der Waals surface area contributed by atoms with Gasteiger partial charge >= 0.3 is 0 Å². The van der Waals surface area contributed by atoms with E-state index in [9.17, 15) is 9.59 Å². The Morgan fingerprint density at radius 2 is 1.91 bits per heavy atom. The van der Waals surface area contributed by atoms with Gasteiger partial charge in [0.25, 0.3) is 5.91 Å². The van der Waals surface area contributed by atoms with Gasteiger partial charge in [-0.1, -0.05) is 19.9 Å². The van der Waals surface area contributed by atoms with Crippen molar-refractivity contribution < 1.29 is 9.59 Å². The Kier molecular flexibility index (Phi) is 7.30. The van der Waals surface area contributed by atoms with E-state index in [2.05, 4.69) is 29.5 Å². The van der Waals surface area contributed by atoms with Gasteiger partial charge in [-0.05, 0) is 67.7 Å². The lowest BCUT2D eigenvalue weighted by molar-refractivity contribution is -0.127. The van der Waals surface area contributed by atoms with Crippen LogP contribution in [-0.2, 0) is 11.2 Å². The molecule has 0 radical (unpaired) electrons. The molecule has 4 N–H and O–H groups in total. The molecule has 2 aromatic carbocycles. The van der Waals surface area contributed by atoms with Crippen LogP contribution in [0.2, 0.25) is 0 Å². The minimum atomic E-state index is -0.207. The number of aryl methyl sites for hydroxylation is 1. The number of nitrogens with one attached hydrogen (secondary N) is 2. The number of fused-ring (bicyclic) bond motifs is 2. The Labute approximate surface area is 201 Å². The first-order valence-electron chi connectivity index (χ1n) is 12.1. The molecule has 0 fully saturated rings. The zero-order chi connectivity index (χ0) is 24.1. The van der Waals surface area contributed by atoms with Gasteiger partial charge < -0.3 is 21.3 Å². The fourth-order valence-corrected chi connectivity index (χ4v) is 4.48. The summed E-state index contributed by atoms with van der Waals surface area (Å²) < 4.78 is 0. The highest BCUT2D eigenvalue weighted by Crippen LogP contribution is 2.29. The molecule has 2 heterocycles. The molecule has 7 nitrogen and oxygen atoms in total. The largest absolute Gasteiger partial charge is 0.387 e. The van der Waals surface area contributed by atoms with Crippen molar-refractivity contribution >= 4 is 40.8 Å². The second kappa shape index (κ2) is 10.5. The summed E-state index contributed by atoms with van der Waals surface area (Å²) in [6.45, 7) is 6.54. The van der Waals surface area contributed by atoms with E-state index in [1.807, 2.05) is 35.2 Å². The first-order chi connectivity index (χ1) is 16.5. The van der Waals surface area contributed by atoms with Crippen LogP contribution in [0.5, 0.6) is 0 Å². The molecule has 4 rings (SSSR count). The standard InChI is InChI=1S/C27H33N5O2/c1-3-12-32(13-4-2)27(34)21-14-19-7-8-20(16-24(19)31-25(28)17-21)26(33)30-22-9-10-23-18(15-22)6-5-11-29-23/h7-10,14-16,29H,3-6,11-13,17H2,1-2H3,(H2,28,31)(H,30,33). The summed E-state index contributed by atoms with van der Waals surface area (Å²) in [5.74, 6) is 0.159. The maximum absolute atomic E-state index is 13.1. The molecule has 7 heteroatoms. The Morgan fingerprint density at radius 1 is 1.12 bits per heavy atom. The van der Waals surface area contributed by atoms with E-state index in [4.69, 9.17) is 5.73 Å². The molecule has 2 aliphatic heterocycles. The number of nitrogens with zero attached hydrogens (tertiary/aromatic N) is 2. The van der Waals surface area contributed by atoms with Crippen molar-refractivity contribution in [2.24, 2.45) is 10.7 Å². The maximum Gasteiger partial charge on any atom is 0.255 e. The third-order valence-corrected chi connectivity index (χ3v) is 6.11. The van der Waals surface area contributed by atoms with Crippen molar-refractivity contribution in [1.29, 1.82) is 0 Å². The molecule has 0 spiro atoms. The van der Waals surface area contributed by atoms with Gasteiger partial charge in [0.1, 0.15) is 5.84 Å². The number of amidine groups is 1. The molecule has 2 aliphatic rings. The van der Waals surface area contributed by atoms with E-state index < -0.39 is 0 Å². The third kappa shape index (κ3) is 5.30.